The number of nitrogens with one attached hydrogen (secondary N) is 2. The zero-order valence-electron chi connectivity index (χ0n) is 20.0. The number of phenols is 1. The highest BCUT2D eigenvalue weighted by Crippen LogP contribution is 2.31. The highest BCUT2D eigenvalue weighted by molar-refractivity contribution is 5.97. The fourth-order valence-corrected chi connectivity index (χ4v) is 4.64. The molecule has 1 aromatic heterocycles. The number of carbonyl (C=O) groups excluding carboxylic acids is 1. The van der Waals surface area contributed by atoms with Crippen molar-refractivity contribution in [2.45, 2.75) is 26.2 Å². The molecule has 0 aliphatic carbocycles. The molecule has 5 N–H and O–H groups in total. The van der Waals surface area contributed by atoms with Crippen LogP contribution in [0.15, 0.2) is 60.7 Å². The number of rotatable bonds is 6. The van der Waals surface area contributed by atoms with Gasteiger partial charge < -0.3 is 21.1 Å². The molecule has 8 nitrogen and oxygen atoms in total. The first-order valence-electron chi connectivity index (χ1n) is 11.7. The number of carbonyl (C=O) groups is 1. The lowest BCUT2D eigenvalue weighted by Crippen LogP contribution is -2.22. The minimum absolute atomic E-state index is 0. The highest BCUT2D eigenvalue weighted by Gasteiger charge is 2.22. The Morgan fingerprint density at radius 1 is 1.11 bits per heavy atom. The predicted octanol–water partition coefficient (Wildman–Crippen LogP) is 4.53. The maximum absolute atomic E-state index is 12.7. The third-order valence-electron chi connectivity index (χ3n) is 6.39. The van der Waals surface area contributed by atoms with Crippen LogP contribution >= 0.6 is 12.4 Å². The van der Waals surface area contributed by atoms with Crippen molar-refractivity contribution >= 4 is 46.8 Å². The van der Waals surface area contributed by atoms with Crippen LogP contribution in [0.2, 0.25) is 0 Å². The number of para-hydroxylation sites is 2. The third-order valence-corrected chi connectivity index (χ3v) is 6.39. The van der Waals surface area contributed by atoms with Gasteiger partial charge in [0.25, 0.3) is 0 Å². The molecule has 0 saturated carbocycles. The molecule has 1 aliphatic rings. The van der Waals surface area contributed by atoms with E-state index in [2.05, 4.69) is 20.9 Å². The Morgan fingerprint density at radius 3 is 2.58 bits per heavy atom. The Labute approximate surface area is 215 Å². The standard InChI is InChI=1S/C27H28N6O2.ClH/c1-17-14-20(30-25(35)16-19-15-18(26(28)29)8-11-24(19)34)9-10-22(17)33-23-7-3-2-6-21(23)31-27(33)32-12-4-5-13-32;/h2-3,6-11,14-15,34H,4-5,12-13,16H2,1H3,(H3,28,29)(H,30,35);1H. The quantitative estimate of drug-likeness (QED) is 0.227. The second-order valence-electron chi connectivity index (χ2n) is 8.91. The summed E-state index contributed by atoms with van der Waals surface area (Å²) in [5, 5.41) is 20.6. The van der Waals surface area contributed by atoms with Gasteiger partial charge in [0.1, 0.15) is 11.6 Å². The van der Waals surface area contributed by atoms with Gasteiger partial charge in [-0.05, 0) is 73.9 Å². The number of nitrogen functional groups attached to an aromatic ring is 1. The van der Waals surface area contributed by atoms with Crippen LogP contribution in [0.5, 0.6) is 5.75 Å². The van der Waals surface area contributed by atoms with Gasteiger partial charge in [-0.25, -0.2) is 4.98 Å². The molecule has 0 radical (unpaired) electrons. The number of aryl methyl sites for hydroxylation is 1. The van der Waals surface area contributed by atoms with Crippen molar-refractivity contribution in [3.05, 3.63) is 77.4 Å². The zero-order valence-corrected chi connectivity index (χ0v) is 20.8. The Bertz CT molecular complexity index is 1440. The molecule has 1 fully saturated rings. The first kappa shape index (κ1) is 25.1. The number of hydrogen-bond donors (Lipinski definition) is 4. The number of aromatic hydroxyl groups is 1. The first-order chi connectivity index (χ1) is 16.9. The van der Waals surface area contributed by atoms with Gasteiger partial charge in [-0.2, -0.15) is 0 Å². The molecule has 2 heterocycles. The van der Waals surface area contributed by atoms with Crippen molar-refractivity contribution in [3.8, 4) is 11.4 Å². The van der Waals surface area contributed by atoms with Crippen LogP contribution in [-0.2, 0) is 11.2 Å². The second-order valence-corrected chi connectivity index (χ2v) is 8.91. The number of amidine groups is 1. The molecular weight excluding hydrogens is 476 g/mol. The topological polar surface area (TPSA) is 120 Å². The summed E-state index contributed by atoms with van der Waals surface area (Å²) in [5.41, 5.74) is 11.1. The van der Waals surface area contributed by atoms with Gasteiger partial charge >= 0.3 is 0 Å². The lowest BCUT2D eigenvalue weighted by atomic mass is 10.1. The van der Waals surface area contributed by atoms with E-state index in [-0.39, 0.29) is 36.3 Å². The molecule has 0 unspecified atom stereocenters. The summed E-state index contributed by atoms with van der Waals surface area (Å²) < 4.78 is 2.20. The van der Waals surface area contributed by atoms with Gasteiger partial charge in [0.05, 0.1) is 23.1 Å². The summed E-state index contributed by atoms with van der Waals surface area (Å²) in [5.74, 6) is 0.569. The molecule has 3 aromatic carbocycles. The van der Waals surface area contributed by atoms with Crippen LogP contribution in [0, 0.1) is 12.3 Å². The number of nitrogens with two attached hydrogens (primary N) is 1. The van der Waals surface area contributed by atoms with Crippen molar-refractivity contribution in [1.82, 2.24) is 9.55 Å². The Hall–Kier alpha value is -4.04. The summed E-state index contributed by atoms with van der Waals surface area (Å²) >= 11 is 0. The molecule has 0 atom stereocenters. The number of fused-ring (bicyclic) bond motifs is 1. The molecular formula is C27H29ClN6O2. The fraction of sp³-hybridized carbons (Fsp3) is 0.222. The monoisotopic (exact) mass is 504 g/mol. The van der Waals surface area contributed by atoms with Crippen LogP contribution in [0.3, 0.4) is 0 Å². The largest absolute Gasteiger partial charge is 0.508 e. The normalized spacial score (nSPS) is 13.0. The molecule has 186 valence electrons. The molecule has 1 aliphatic heterocycles. The fourth-order valence-electron chi connectivity index (χ4n) is 4.64. The number of benzene rings is 3. The van der Waals surface area contributed by atoms with E-state index in [0.717, 1.165) is 54.2 Å². The minimum Gasteiger partial charge on any atom is -0.508 e. The molecule has 1 saturated heterocycles. The number of hydrogen-bond acceptors (Lipinski definition) is 5. The average Bonchev–Trinajstić information content (AvgIpc) is 3.48. The van der Waals surface area contributed by atoms with E-state index in [1.807, 2.05) is 43.3 Å². The van der Waals surface area contributed by atoms with E-state index in [1.54, 1.807) is 12.1 Å². The highest BCUT2D eigenvalue weighted by atomic mass is 35.5. The molecule has 36 heavy (non-hydrogen) atoms. The Kier molecular flexibility index (Phi) is 7.17. The number of nitrogens with zero attached hydrogens (tertiary/aromatic N) is 3. The smallest absolute Gasteiger partial charge is 0.228 e. The maximum Gasteiger partial charge on any atom is 0.228 e. The molecule has 0 spiro atoms. The van der Waals surface area contributed by atoms with Gasteiger partial charge in [-0.3, -0.25) is 14.8 Å². The zero-order chi connectivity index (χ0) is 24.5. The number of halogens is 1. The van der Waals surface area contributed by atoms with E-state index >= 15 is 0 Å². The molecule has 0 bridgehead atoms. The van der Waals surface area contributed by atoms with Crippen LogP contribution in [0.25, 0.3) is 16.7 Å². The van der Waals surface area contributed by atoms with E-state index in [4.69, 9.17) is 16.1 Å². The number of anilines is 2. The van der Waals surface area contributed by atoms with Crippen molar-refractivity contribution in [2.75, 3.05) is 23.3 Å². The summed E-state index contributed by atoms with van der Waals surface area (Å²) in [4.78, 5) is 20.0. The van der Waals surface area contributed by atoms with E-state index in [1.165, 1.54) is 6.07 Å². The molecule has 5 rings (SSSR count). The van der Waals surface area contributed by atoms with Crippen molar-refractivity contribution in [2.24, 2.45) is 5.73 Å². The first-order valence-corrected chi connectivity index (χ1v) is 11.7. The SMILES string of the molecule is Cc1cc(NC(=O)Cc2cc(C(=N)N)ccc2O)ccc1-n1c(N2CCCC2)nc2ccccc21.Cl. The van der Waals surface area contributed by atoms with Crippen LogP contribution < -0.4 is 16.0 Å². The van der Waals surface area contributed by atoms with Gasteiger partial charge in [0, 0.05) is 29.9 Å². The summed E-state index contributed by atoms with van der Waals surface area (Å²) in [6, 6.07) is 18.5. The lowest BCUT2D eigenvalue weighted by Gasteiger charge is -2.20. The van der Waals surface area contributed by atoms with E-state index in [0.29, 0.717) is 16.8 Å². The third kappa shape index (κ3) is 4.85. The van der Waals surface area contributed by atoms with Crippen LogP contribution in [0.4, 0.5) is 11.6 Å². The van der Waals surface area contributed by atoms with Crippen LogP contribution in [0.1, 0.15) is 29.5 Å². The summed E-state index contributed by atoms with van der Waals surface area (Å²) in [6.07, 6.45) is 2.30. The van der Waals surface area contributed by atoms with E-state index in [9.17, 15) is 9.90 Å². The average molecular weight is 505 g/mol. The predicted molar refractivity (Wildman–Crippen MR) is 146 cm³/mol. The van der Waals surface area contributed by atoms with Crippen LogP contribution in [-0.4, -0.2) is 39.5 Å². The minimum atomic E-state index is -0.265. The van der Waals surface area contributed by atoms with Crippen molar-refractivity contribution in [3.63, 3.8) is 0 Å². The van der Waals surface area contributed by atoms with Gasteiger partial charge in [-0.1, -0.05) is 12.1 Å². The number of imidazole rings is 1. The number of phenolic OH excluding ortho intramolecular Hbond substituents is 1. The summed E-state index contributed by atoms with van der Waals surface area (Å²) in [7, 11) is 0. The van der Waals surface area contributed by atoms with Crippen molar-refractivity contribution < 1.29 is 9.90 Å². The summed E-state index contributed by atoms with van der Waals surface area (Å²) in [6.45, 7) is 4.01. The van der Waals surface area contributed by atoms with E-state index < -0.39 is 0 Å². The van der Waals surface area contributed by atoms with Gasteiger partial charge in [0.2, 0.25) is 11.9 Å². The lowest BCUT2D eigenvalue weighted by molar-refractivity contribution is -0.115. The Morgan fingerprint density at radius 2 is 1.86 bits per heavy atom. The molecule has 4 aromatic rings. The molecule has 1 amide bonds. The maximum atomic E-state index is 12.7. The van der Waals surface area contributed by atoms with Gasteiger partial charge in [-0.15, -0.1) is 12.4 Å². The number of aromatic nitrogens is 2. The second kappa shape index (κ2) is 10.3. The number of amides is 1. The Balaban J connectivity index is 0.00000304. The van der Waals surface area contributed by atoms with Crippen molar-refractivity contribution in [1.29, 1.82) is 5.41 Å². The van der Waals surface area contributed by atoms with Gasteiger partial charge in [0.15, 0.2) is 0 Å². The molecule has 9 heteroatoms.